The number of benzene rings is 1. The Kier molecular flexibility index (Phi) is 0.932. The van der Waals surface area contributed by atoms with Gasteiger partial charge in [-0.1, -0.05) is 12.1 Å². The summed E-state index contributed by atoms with van der Waals surface area (Å²) in [5, 5.41) is 0. The minimum atomic E-state index is 0.734. The summed E-state index contributed by atoms with van der Waals surface area (Å²) in [6, 6.07) is 8.43. The van der Waals surface area contributed by atoms with Crippen molar-refractivity contribution in [3.8, 4) is 5.75 Å². The largest absolute Gasteiger partial charge is 0.336 e. The summed E-state index contributed by atoms with van der Waals surface area (Å²) in [5.74, 6) is 0.734. The average molecular weight is 120 g/mol. The quantitative estimate of drug-likeness (QED) is 0.481. The summed E-state index contributed by atoms with van der Waals surface area (Å²) < 4.78 is 0. The van der Waals surface area contributed by atoms with Crippen LogP contribution in [-0.4, -0.2) is 0 Å². The molecule has 1 aliphatic rings. The highest BCUT2D eigenvalue weighted by molar-refractivity contribution is 5.37. The lowest BCUT2D eigenvalue weighted by Gasteiger charge is -1.88. The monoisotopic (exact) mass is 120 g/mol. The Morgan fingerprint density at radius 3 is 3.33 bits per heavy atom. The molecular weight excluding hydrogens is 116 g/mol. The molecule has 2 nitrogen and oxygen atoms in total. The van der Waals surface area contributed by atoms with Crippen LogP contribution in [0, 0.1) is 12.7 Å². The Morgan fingerprint density at radius 2 is 2.44 bits per heavy atom. The van der Waals surface area contributed by atoms with Crippen LogP contribution in [0.5, 0.6) is 5.75 Å². The Hall–Kier alpha value is -1.02. The molecule has 1 aromatic rings. The van der Waals surface area contributed by atoms with E-state index in [0.717, 1.165) is 11.3 Å². The van der Waals surface area contributed by atoms with Crippen molar-refractivity contribution in [3.05, 3.63) is 36.4 Å². The van der Waals surface area contributed by atoms with Crippen LogP contribution in [0.1, 0.15) is 5.56 Å². The molecule has 0 amide bonds. The standard InChI is InChI=1S/C7H4O2/c1-2-4-7-6(3-1)5-8-9-7/h1-2,4-5H. The van der Waals surface area contributed by atoms with E-state index < -0.39 is 0 Å². The van der Waals surface area contributed by atoms with Crippen molar-refractivity contribution >= 4 is 0 Å². The topological polar surface area (TPSA) is 18.5 Å². The van der Waals surface area contributed by atoms with Crippen molar-refractivity contribution in [3.63, 3.8) is 0 Å². The van der Waals surface area contributed by atoms with Crippen LogP contribution in [0.15, 0.2) is 18.2 Å². The molecule has 0 fully saturated rings. The highest BCUT2D eigenvalue weighted by Gasteiger charge is 2.11. The van der Waals surface area contributed by atoms with E-state index in [9.17, 15) is 0 Å². The molecule has 0 unspecified atom stereocenters. The first kappa shape index (κ1) is 4.82. The molecule has 0 bridgehead atoms. The lowest BCUT2D eigenvalue weighted by Crippen LogP contribution is -1.79. The summed E-state index contributed by atoms with van der Waals surface area (Å²) in [4.78, 5) is 9.27. The van der Waals surface area contributed by atoms with Gasteiger partial charge in [0, 0.05) is 5.56 Å². The smallest absolute Gasteiger partial charge is 0.172 e. The molecule has 2 radical (unpaired) electrons. The van der Waals surface area contributed by atoms with E-state index in [1.807, 2.05) is 18.2 Å². The van der Waals surface area contributed by atoms with E-state index in [2.05, 4.69) is 11.0 Å². The molecule has 0 atom stereocenters. The maximum Gasteiger partial charge on any atom is 0.172 e. The van der Waals surface area contributed by atoms with E-state index in [1.165, 1.54) is 6.61 Å². The molecule has 0 saturated heterocycles. The highest BCUT2D eigenvalue weighted by atomic mass is 17.2. The van der Waals surface area contributed by atoms with Crippen LogP contribution in [0.2, 0.25) is 0 Å². The second-order valence-electron chi connectivity index (χ2n) is 1.75. The molecule has 44 valence electrons. The fourth-order valence-corrected chi connectivity index (χ4v) is 0.723. The second-order valence-corrected chi connectivity index (χ2v) is 1.75. The predicted octanol–water partition coefficient (Wildman–Crippen LogP) is 1.32. The van der Waals surface area contributed by atoms with Crippen LogP contribution in [-0.2, 0) is 4.89 Å². The lowest BCUT2D eigenvalue weighted by molar-refractivity contribution is -0.149. The van der Waals surface area contributed by atoms with Crippen molar-refractivity contribution in [2.45, 2.75) is 0 Å². The minimum absolute atomic E-state index is 0.734. The third-order valence-electron chi connectivity index (χ3n) is 1.15. The first-order valence-electron chi connectivity index (χ1n) is 2.64. The maximum atomic E-state index is 4.71. The SMILES string of the molecule is [c]1cccc2c1[CH]OO2. The lowest BCUT2D eigenvalue weighted by atomic mass is 10.2. The number of hydrogen-bond donors (Lipinski definition) is 0. The molecule has 0 spiro atoms. The predicted molar refractivity (Wildman–Crippen MR) is 30.4 cm³/mol. The van der Waals surface area contributed by atoms with E-state index in [1.54, 1.807) is 0 Å². The Bertz CT molecular complexity index is 197. The van der Waals surface area contributed by atoms with E-state index in [-0.39, 0.29) is 0 Å². The number of fused-ring (bicyclic) bond motifs is 1. The fourth-order valence-electron chi connectivity index (χ4n) is 0.723. The second kappa shape index (κ2) is 1.74. The van der Waals surface area contributed by atoms with E-state index >= 15 is 0 Å². The van der Waals surface area contributed by atoms with Crippen LogP contribution in [0.25, 0.3) is 0 Å². The van der Waals surface area contributed by atoms with Gasteiger partial charge in [0.15, 0.2) is 12.4 Å². The van der Waals surface area contributed by atoms with Gasteiger partial charge in [-0.15, -0.1) is 0 Å². The van der Waals surface area contributed by atoms with Crippen LogP contribution >= 0.6 is 0 Å². The Morgan fingerprint density at radius 1 is 1.44 bits per heavy atom. The molecule has 1 aliphatic heterocycles. The van der Waals surface area contributed by atoms with Crippen molar-refractivity contribution < 1.29 is 9.78 Å². The normalized spacial score (nSPS) is 14.7. The van der Waals surface area contributed by atoms with E-state index in [4.69, 9.17) is 4.89 Å². The van der Waals surface area contributed by atoms with Gasteiger partial charge in [0.2, 0.25) is 0 Å². The molecule has 9 heavy (non-hydrogen) atoms. The van der Waals surface area contributed by atoms with Gasteiger partial charge in [-0.3, -0.25) is 0 Å². The third kappa shape index (κ3) is 0.678. The molecule has 0 aromatic heterocycles. The van der Waals surface area contributed by atoms with Gasteiger partial charge in [0.05, 0.1) is 0 Å². The zero-order valence-corrected chi connectivity index (χ0v) is 4.63. The third-order valence-corrected chi connectivity index (χ3v) is 1.15. The molecule has 1 aromatic carbocycles. The van der Waals surface area contributed by atoms with Crippen molar-refractivity contribution in [1.29, 1.82) is 0 Å². The van der Waals surface area contributed by atoms with Gasteiger partial charge in [0.1, 0.15) is 0 Å². The highest BCUT2D eigenvalue weighted by Crippen LogP contribution is 2.25. The Labute approximate surface area is 52.9 Å². The Balaban J connectivity index is 2.54. The van der Waals surface area contributed by atoms with Crippen LogP contribution in [0.3, 0.4) is 0 Å². The van der Waals surface area contributed by atoms with Gasteiger partial charge in [0.25, 0.3) is 0 Å². The minimum Gasteiger partial charge on any atom is -0.336 e. The molecule has 0 N–H and O–H groups in total. The van der Waals surface area contributed by atoms with Gasteiger partial charge < -0.3 is 4.89 Å². The number of rotatable bonds is 0. The summed E-state index contributed by atoms with van der Waals surface area (Å²) >= 11 is 0. The van der Waals surface area contributed by atoms with Gasteiger partial charge in [-0.05, 0) is 12.1 Å². The van der Waals surface area contributed by atoms with E-state index in [0.29, 0.717) is 0 Å². The average Bonchev–Trinajstić information content (AvgIpc) is 2.33. The fraction of sp³-hybridized carbons (Fsp3) is 0. The number of hydrogen-bond acceptors (Lipinski definition) is 2. The summed E-state index contributed by atoms with van der Waals surface area (Å²) in [7, 11) is 0. The van der Waals surface area contributed by atoms with Crippen LogP contribution < -0.4 is 4.89 Å². The van der Waals surface area contributed by atoms with Crippen molar-refractivity contribution in [1.82, 2.24) is 0 Å². The summed E-state index contributed by atoms with van der Waals surface area (Å²) in [6.07, 6.45) is 0. The molecule has 1 heterocycles. The zero-order chi connectivity index (χ0) is 6.10. The van der Waals surface area contributed by atoms with Crippen molar-refractivity contribution in [2.24, 2.45) is 0 Å². The molecule has 0 saturated carbocycles. The molecule has 0 aliphatic carbocycles. The maximum absolute atomic E-state index is 4.71. The van der Waals surface area contributed by atoms with Crippen LogP contribution in [0.4, 0.5) is 0 Å². The first-order valence-corrected chi connectivity index (χ1v) is 2.64. The zero-order valence-electron chi connectivity index (χ0n) is 4.63. The van der Waals surface area contributed by atoms with Gasteiger partial charge in [-0.25, -0.2) is 0 Å². The molecule has 2 rings (SSSR count). The molecular formula is C7H4O2. The van der Waals surface area contributed by atoms with Crippen molar-refractivity contribution in [2.75, 3.05) is 0 Å². The molecule has 2 heteroatoms. The summed E-state index contributed by atoms with van der Waals surface area (Å²) in [5.41, 5.74) is 0.873. The van der Waals surface area contributed by atoms with Gasteiger partial charge in [-0.2, -0.15) is 4.89 Å². The first-order chi connectivity index (χ1) is 4.47. The summed E-state index contributed by atoms with van der Waals surface area (Å²) in [6.45, 7) is 1.52. The van der Waals surface area contributed by atoms with Gasteiger partial charge >= 0.3 is 0 Å².